The average Bonchev–Trinajstić information content (AvgIpc) is 2.77. The summed E-state index contributed by atoms with van der Waals surface area (Å²) in [5.41, 5.74) is 3.79. The van der Waals surface area contributed by atoms with Crippen LogP contribution in [0.25, 0.3) is 0 Å². The van der Waals surface area contributed by atoms with E-state index in [4.69, 9.17) is 16.3 Å². The molecular formula is C29H37ClN2O3. The van der Waals surface area contributed by atoms with Gasteiger partial charge in [0.2, 0.25) is 0 Å². The van der Waals surface area contributed by atoms with Gasteiger partial charge in [0.05, 0.1) is 23.4 Å². The summed E-state index contributed by atoms with van der Waals surface area (Å²) in [5.74, 6) is -0.211. The Morgan fingerprint density at radius 3 is 2.34 bits per heavy atom. The molecule has 2 aromatic carbocycles. The second-order valence-electron chi connectivity index (χ2n) is 10.8. The zero-order valence-corrected chi connectivity index (χ0v) is 22.6. The van der Waals surface area contributed by atoms with E-state index >= 15 is 0 Å². The number of carbonyl (C=O) groups excluding carboxylic acids is 2. The number of amides is 2. The Labute approximate surface area is 214 Å². The van der Waals surface area contributed by atoms with Crippen molar-refractivity contribution < 1.29 is 14.3 Å². The molecule has 35 heavy (non-hydrogen) atoms. The Balaban J connectivity index is 1.93. The summed E-state index contributed by atoms with van der Waals surface area (Å²) in [5, 5.41) is 3.94. The SMILES string of the molecule is CCOC(=O)c1ccc(N2C=C(C(C)C)[C@](C)(c3ccc(CCC(C)(C)C)c(Cl)c3)NC2=O)cc1. The van der Waals surface area contributed by atoms with E-state index in [1.165, 1.54) is 0 Å². The van der Waals surface area contributed by atoms with Gasteiger partial charge in [-0.05, 0) is 85.1 Å². The number of hydrogen-bond donors (Lipinski definition) is 1. The largest absolute Gasteiger partial charge is 0.462 e. The average molecular weight is 497 g/mol. The first-order chi connectivity index (χ1) is 16.4. The van der Waals surface area contributed by atoms with Crippen LogP contribution in [0.3, 0.4) is 0 Å². The summed E-state index contributed by atoms with van der Waals surface area (Å²) in [6.07, 6.45) is 3.86. The van der Waals surface area contributed by atoms with E-state index in [0.717, 1.165) is 34.6 Å². The standard InChI is InChI=1S/C29H37ClN2O3/c1-8-35-26(33)21-10-13-23(14-11-21)32-18-24(19(2)3)29(7,31-27(32)34)22-12-9-20(25(30)17-22)15-16-28(4,5)6/h9-14,17-19H,8,15-16H2,1-7H3,(H,31,34)/t29-/m0/s1. The third-order valence-electron chi connectivity index (χ3n) is 6.47. The molecular weight excluding hydrogens is 460 g/mol. The van der Waals surface area contributed by atoms with Gasteiger partial charge in [-0.25, -0.2) is 9.59 Å². The van der Waals surface area contributed by atoms with E-state index < -0.39 is 5.54 Å². The van der Waals surface area contributed by atoms with E-state index in [2.05, 4.69) is 52.1 Å². The first-order valence-electron chi connectivity index (χ1n) is 12.3. The number of urea groups is 1. The lowest BCUT2D eigenvalue weighted by atomic mass is 9.78. The summed E-state index contributed by atoms with van der Waals surface area (Å²) in [4.78, 5) is 26.9. The molecule has 0 aromatic heterocycles. The first-order valence-corrected chi connectivity index (χ1v) is 12.6. The zero-order valence-electron chi connectivity index (χ0n) is 21.9. The van der Waals surface area contributed by atoms with E-state index in [0.29, 0.717) is 17.9 Å². The summed E-state index contributed by atoms with van der Waals surface area (Å²) in [6.45, 7) is 15.0. The summed E-state index contributed by atoms with van der Waals surface area (Å²) in [6, 6.07) is 12.8. The number of esters is 1. The number of benzene rings is 2. The van der Waals surface area contributed by atoms with Crippen molar-refractivity contribution in [1.29, 1.82) is 0 Å². The number of ether oxygens (including phenoxy) is 1. The number of rotatable bonds is 7. The minimum atomic E-state index is -0.696. The zero-order chi connectivity index (χ0) is 26.0. The van der Waals surface area contributed by atoms with Crippen LogP contribution in [-0.2, 0) is 16.7 Å². The molecule has 1 heterocycles. The molecule has 2 aromatic rings. The fourth-order valence-corrected chi connectivity index (χ4v) is 4.65. The van der Waals surface area contributed by atoms with Crippen molar-refractivity contribution in [2.75, 3.05) is 11.5 Å². The Morgan fingerprint density at radius 1 is 1.14 bits per heavy atom. The molecule has 0 aliphatic carbocycles. The molecule has 1 N–H and O–H groups in total. The topological polar surface area (TPSA) is 58.6 Å². The van der Waals surface area contributed by atoms with Crippen molar-refractivity contribution in [2.24, 2.45) is 11.3 Å². The quantitative estimate of drug-likeness (QED) is 0.404. The molecule has 0 saturated carbocycles. The van der Waals surface area contributed by atoms with Gasteiger partial charge in [0.25, 0.3) is 0 Å². The summed E-state index contributed by atoms with van der Waals surface area (Å²) >= 11 is 6.71. The van der Waals surface area contributed by atoms with Crippen LogP contribution < -0.4 is 10.2 Å². The number of aryl methyl sites for hydroxylation is 1. The van der Waals surface area contributed by atoms with Gasteiger partial charge < -0.3 is 10.1 Å². The summed E-state index contributed by atoms with van der Waals surface area (Å²) in [7, 11) is 0. The maximum atomic E-state index is 13.3. The van der Waals surface area contributed by atoms with Gasteiger partial charge in [-0.3, -0.25) is 4.90 Å². The molecule has 1 aliphatic heterocycles. The van der Waals surface area contributed by atoms with Gasteiger partial charge >= 0.3 is 12.0 Å². The molecule has 0 spiro atoms. The van der Waals surface area contributed by atoms with Gasteiger partial charge in [-0.1, -0.05) is 58.4 Å². The lowest BCUT2D eigenvalue weighted by molar-refractivity contribution is 0.0526. The monoisotopic (exact) mass is 496 g/mol. The van der Waals surface area contributed by atoms with Crippen molar-refractivity contribution >= 4 is 29.3 Å². The Kier molecular flexibility index (Phi) is 8.00. The van der Waals surface area contributed by atoms with E-state index in [1.54, 1.807) is 36.1 Å². The smallest absolute Gasteiger partial charge is 0.338 e. The van der Waals surface area contributed by atoms with Crippen molar-refractivity contribution in [2.45, 2.75) is 66.8 Å². The molecule has 6 heteroatoms. The Bertz CT molecular complexity index is 1120. The van der Waals surface area contributed by atoms with Crippen molar-refractivity contribution in [1.82, 2.24) is 5.32 Å². The molecule has 0 saturated heterocycles. The summed E-state index contributed by atoms with van der Waals surface area (Å²) < 4.78 is 5.05. The molecule has 0 unspecified atom stereocenters. The van der Waals surface area contributed by atoms with E-state index in [9.17, 15) is 9.59 Å². The first kappa shape index (κ1) is 26.8. The molecule has 1 aliphatic rings. The molecule has 188 valence electrons. The highest BCUT2D eigenvalue weighted by molar-refractivity contribution is 6.31. The number of nitrogens with zero attached hydrogens (tertiary/aromatic N) is 1. The molecule has 0 fully saturated rings. The van der Waals surface area contributed by atoms with Gasteiger partial charge in [-0.15, -0.1) is 0 Å². The number of hydrogen-bond acceptors (Lipinski definition) is 3. The number of nitrogens with one attached hydrogen (secondary N) is 1. The predicted octanol–water partition coefficient (Wildman–Crippen LogP) is 7.48. The highest BCUT2D eigenvalue weighted by atomic mass is 35.5. The van der Waals surface area contributed by atoms with Crippen LogP contribution >= 0.6 is 11.6 Å². The van der Waals surface area contributed by atoms with Crippen LogP contribution in [0.1, 0.15) is 76.4 Å². The number of halogens is 1. The number of anilines is 1. The van der Waals surface area contributed by atoms with Crippen molar-refractivity contribution in [3.63, 3.8) is 0 Å². The lowest BCUT2D eigenvalue weighted by Crippen LogP contribution is -2.54. The highest BCUT2D eigenvalue weighted by Gasteiger charge is 2.40. The minimum absolute atomic E-state index is 0.168. The lowest BCUT2D eigenvalue weighted by Gasteiger charge is -2.42. The molecule has 0 bridgehead atoms. The molecule has 1 atom stereocenters. The van der Waals surface area contributed by atoms with Gasteiger partial charge in [0, 0.05) is 11.2 Å². The van der Waals surface area contributed by atoms with E-state index in [-0.39, 0.29) is 23.3 Å². The van der Waals surface area contributed by atoms with E-state index in [1.807, 2.05) is 19.2 Å². The van der Waals surface area contributed by atoms with Gasteiger partial charge in [0.15, 0.2) is 0 Å². The fourth-order valence-electron chi connectivity index (χ4n) is 4.37. The second kappa shape index (κ2) is 10.4. The van der Waals surface area contributed by atoms with Crippen molar-refractivity contribution in [3.8, 4) is 0 Å². The van der Waals surface area contributed by atoms with Crippen molar-refractivity contribution in [3.05, 3.63) is 76.0 Å². The molecule has 2 amide bonds. The van der Waals surface area contributed by atoms with Crippen LogP contribution in [-0.4, -0.2) is 18.6 Å². The minimum Gasteiger partial charge on any atom is -0.462 e. The van der Waals surface area contributed by atoms with Crippen LogP contribution in [0.4, 0.5) is 10.5 Å². The third kappa shape index (κ3) is 6.07. The Morgan fingerprint density at radius 2 is 1.80 bits per heavy atom. The second-order valence-corrected chi connectivity index (χ2v) is 11.2. The molecule has 3 rings (SSSR count). The Hall–Kier alpha value is -2.79. The van der Waals surface area contributed by atoms with Crippen LogP contribution in [0.15, 0.2) is 54.2 Å². The van der Waals surface area contributed by atoms with Gasteiger partial charge in [-0.2, -0.15) is 0 Å². The maximum Gasteiger partial charge on any atom is 0.338 e. The predicted molar refractivity (Wildman–Crippen MR) is 143 cm³/mol. The maximum absolute atomic E-state index is 13.3. The molecule has 0 radical (unpaired) electrons. The highest BCUT2D eigenvalue weighted by Crippen LogP contribution is 2.39. The van der Waals surface area contributed by atoms with Crippen LogP contribution in [0.2, 0.25) is 5.02 Å². The van der Waals surface area contributed by atoms with Crippen LogP contribution in [0.5, 0.6) is 0 Å². The number of carbonyl (C=O) groups is 2. The van der Waals surface area contributed by atoms with Crippen LogP contribution in [0, 0.1) is 11.3 Å². The van der Waals surface area contributed by atoms with Gasteiger partial charge in [0.1, 0.15) is 0 Å². The third-order valence-corrected chi connectivity index (χ3v) is 6.83. The molecule has 5 nitrogen and oxygen atoms in total. The fraction of sp³-hybridized carbons (Fsp3) is 0.448. The normalized spacial score (nSPS) is 18.4.